The monoisotopic (exact) mass is 417 g/mol. The maximum atomic E-state index is 12.4. The molecule has 2 amide bonds. The van der Waals surface area contributed by atoms with Crippen LogP contribution in [0.4, 0.5) is 5.69 Å². The number of benzene rings is 2. The maximum absolute atomic E-state index is 12.4. The average molecular weight is 418 g/mol. The second-order valence-corrected chi connectivity index (χ2v) is 7.63. The second kappa shape index (κ2) is 9.22. The van der Waals surface area contributed by atoms with Crippen molar-refractivity contribution in [3.05, 3.63) is 63.1 Å². The Bertz CT molecular complexity index is 941. The lowest BCUT2D eigenvalue weighted by atomic mass is 9.90. The van der Waals surface area contributed by atoms with Gasteiger partial charge in [-0.15, -0.1) is 0 Å². The molecule has 2 N–H and O–H groups in total. The molecule has 3 rings (SSSR count). The molecule has 28 heavy (non-hydrogen) atoms. The highest BCUT2D eigenvalue weighted by molar-refractivity contribution is 6.36. The standard InChI is InChI=1S/C21H21Cl2N3O2/c1-13(25-26-21(28)17-10-9-15(22)12-18(17)23)11-20(27)24-19-8-4-6-14-5-2-3-7-16(14)19/h4,6,8-10,12H,2-3,5,7,11H2,1H3,(H,24,27)(H,26,28). The van der Waals surface area contributed by atoms with E-state index in [1.54, 1.807) is 13.0 Å². The molecule has 2 aromatic rings. The van der Waals surface area contributed by atoms with E-state index in [2.05, 4.69) is 21.9 Å². The number of aryl methyl sites for hydroxylation is 1. The second-order valence-electron chi connectivity index (χ2n) is 6.79. The number of amides is 2. The Hall–Kier alpha value is -2.37. The van der Waals surface area contributed by atoms with Gasteiger partial charge < -0.3 is 5.32 Å². The van der Waals surface area contributed by atoms with E-state index in [-0.39, 0.29) is 22.9 Å². The Morgan fingerprint density at radius 3 is 2.68 bits per heavy atom. The number of fused-ring (bicyclic) bond motifs is 1. The van der Waals surface area contributed by atoms with E-state index in [1.165, 1.54) is 29.7 Å². The summed E-state index contributed by atoms with van der Waals surface area (Å²) >= 11 is 11.8. The van der Waals surface area contributed by atoms with Crippen LogP contribution < -0.4 is 10.7 Å². The fourth-order valence-electron chi connectivity index (χ4n) is 3.24. The molecule has 0 saturated heterocycles. The molecule has 146 valence electrons. The first kappa shape index (κ1) is 20.4. The largest absolute Gasteiger partial charge is 0.325 e. The molecule has 1 aliphatic carbocycles. The van der Waals surface area contributed by atoms with Crippen LogP contribution >= 0.6 is 23.2 Å². The molecule has 5 nitrogen and oxygen atoms in total. The van der Waals surface area contributed by atoms with Gasteiger partial charge in [-0.3, -0.25) is 9.59 Å². The van der Waals surface area contributed by atoms with Crippen molar-refractivity contribution in [1.82, 2.24) is 5.43 Å². The molecular weight excluding hydrogens is 397 g/mol. The summed E-state index contributed by atoms with van der Waals surface area (Å²) in [7, 11) is 0. The van der Waals surface area contributed by atoms with Crippen LogP contribution in [0.3, 0.4) is 0 Å². The van der Waals surface area contributed by atoms with Crippen LogP contribution in [0.2, 0.25) is 10.0 Å². The number of anilines is 1. The topological polar surface area (TPSA) is 70.6 Å². The predicted octanol–water partition coefficient (Wildman–Crippen LogP) is 5.01. The first-order chi connectivity index (χ1) is 13.4. The molecule has 0 radical (unpaired) electrons. The third-order valence-corrected chi connectivity index (χ3v) is 5.16. The highest BCUT2D eigenvalue weighted by Crippen LogP contribution is 2.28. The Morgan fingerprint density at radius 1 is 1.11 bits per heavy atom. The number of rotatable bonds is 5. The number of halogens is 2. The van der Waals surface area contributed by atoms with Gasteiger partial charge in [-0.1, -0.05) is 35.3 Å². The van der Waals surface area contributed by atoms with E-state index in [9.17, 15) is 9.59 Å². The van der Waals surface area contributed by atoms with Gasteiger partial charge in [-0.2, -0.15) is 5.10 Å². The van der Waals surface area contributed by atoms with Gasteiger partial charge in [0.25, 0.3) is 5.91 Å². The summed E-state index contributed by atoms with van der Waals surface area (Å²) in [6, 6.07) is 10.6. The fraction of sp³-hybridized carbons (Fsp3) is 0.286. The molecular formula is C21H21Cl2N3O2. The number of nitrogens with one attached hydrogen (secondary N) is 2. The number of carbonyl (C=O) groups excluding carboxylic acids is 2. The summed E-state index contributed by atoms with van der Waals surface area (Å²) < 4.78 is 0. The Balaban J connectivity index is 1.59. The molecule has 0 heterocycles. The van der Waals surface area contributed by atoms with Gasteiger partial charge in [0.15, 0.2) is 0 Å². The van der Waals surface area contributed by atoms with Gasteiger partial charge in [0.1, 0.15) is 0 Å². The lowest BCUT2D eigenvalue weighted by Gasteiger charge is -2.19. The highest BCUT2D eigenvalue weighted by atomic mass is 35.5. The number of hydrazone groups is 1. The SMILES string of the molecule is CC(CC(=O)Nc1cccc2c1CCCC2)=NNC(=O)c1ccc(Cl)cc1Cl. The van der Waals surface area contributed by atoms with Crippen LogP contribution in [-0.4, -0.2) is 17.5 Å². The minimum absolute atomic E-state index is 0.0816. The Morgan fingerprint density at radius 2 is 1.89 bits per heavy atom. The summed E-state index contributed by atoms with van der Waals surface area (Å²) in [5.41, 5.74) is 6.57. The normalized spacial score (nSPS) is 13.6. The lowest BCUT2D eigenvalue weighted by molar-refractivity contribution is -0.115. The van der Waals surface area contributed by atoms with Crippen LogP contribution in [0.5, 0.6) is 0 Å². The van der Waals surface area contributed by atoms with E-state index in [4.69, 9.17) is 23.2 Å². The van der Waals surface area contributed by atoms with Crippen LogP contribution in [0, 0.1) is 0 Å². The third-order valence-electron chi connectivity index (χ3n) is 4.61. The lowest BCUT2D eigenvalue weighted by Crippen LogP contribution is -2.22. The summed E-state index contributed by atoms with van der Waals surface area (Å²) in [4.78, 5) is 24.5. The smallest absolute Gasteiger partial charge is 0.272 e. The van der Waals surface area contributed by atoms with Crippen molar-refractivity contribution in [2.45, 2.75) is 39.0 Å². The molecule has 7 heteroatoms. The number of carbonyl (C=O) groups is 2. The highest BCUT2D eigenvalue weighted by Gasteiger charge is 2.15. The first-order valence-electron chi connectivity index (χ1n) is 9.13. The minimum Gasteiger partial charge on any atom is -0.325 e. The van der Waals surface area contributed by atoms with Crippen molar-refractivity contribution in [3.63, 3.8) is 0 Å². The molecule has 0 atom stereocenters. The third kappa shape index (κ3) is 5.12. The Labute approximate surface area is 174 Å². The zero-order chi connectivity index (χ0) is 20.1. The summed E-state index contributed by atoms with van der Waals surface area (Å²) in [5.74, 6) is -0.627. The summed E-state index contributed by atoms with van der Waals surface area (Å²) in [5, 5.41) is 7.65. The van der Waals surface area contributed by atoms with Gasteiger partial charge in [0, 0.05) is 16.4 Å². The van der Waals surface area contributed by atoms with Crippen LogP contribution in [-0.2, 0) is 17.6 Å². The molecule has 0 fully saturated rings. The number of hydrogen-bond donors (Lipinski definition) is 2. The van der Waals surface area contributed by atoms with Crippen molar-refractivity contribution in [1.29, 1.82) is 0 Å². The van der Waals surface area contributed by atoms with Crippen LogP contribution in [0.25, 0.3) is 0 Å². The molecule has 2 aromatic carbocycles. The molecule has 1 aliphatic rings. The van der Waals surface area contributed by atoms with Crippen molar-refractivity contribution in [3.8, 4) is 0 Å². The van der Waals surface area contributed by atoms with Crippen LogP contribution in [0.1, 0.15) is 47.7 Å². The summed E-state index contributed by atoms with van der Waals surface area (Å²) in [6.45, 7) is 1.68. The molecule has 0 bridgehead atoms. The van der Waals surface area contributed by atoms with Crippen molar-refractivity contribution < 1.29 is 9.59 Å². The van der Waals surface area contributed by atoms with Crippen molar-refractivity contribution >= 4 is 46.4 Å². The quantitative estimate of drug-likeness (QED) is 0.530. The van der Waals surface area contributed by atoms with E-state index < -0.39 is 5.91 Å². The average Bonchev–Trinajstić information content (AvgIpc) is 2.66. The molecule has 0 aromatic heterocycles. The predicted molar refractivity (Wildman–Crippen MR) is 113 cm³/mol. The molecule has 0 aliphatic heterocycles. The van der Waals surface area contributed by atoms with Crippen molar-refractivity contribution in [2.75, 3.05) is 5.32 Å². The van der Waals surface area contributed by atoms with E-state index in [1.807, 2.05) is 12.1 Å². The van der Waals surface area contributed by atoms with E-state index in [0.29, 0.717) is 10.7 Å². The minimum atomic E-state index is -0.460. The first-order valence-corrected chi connectivity index (χ1v) is 9.89. The van der Waals surface area contributed by atoms with E-state index in [0.717, 1.165) is 24.9 Å². The van der Waals surface area contributed by atoms with Gasteiger partial charge in [0.2, 0.25) is 5.91 Å². The Kier molecular flexibility index (Phi) is 6.70. The van der Waals surface area contributed by atoms with Gasteiger partial charge >= 0.3 is 0 Å². The zero-order valence-electron chi connectivity index (χ0n) is 15.5. The summed E-state index contributed by atoms with van der Waals surface area (Å²) in [6.07, 6.45) is 4.45. The van der Waals surface area contributed by atoms with Gasteiger partial charge in [-0.05, 0) is 68.0 Å². The molecule has 0 spiro atoms. The zero-order valence-corrected chi connectivity index (χ0v) is 17.0. The fourth-order valence-corrected chi connectivity index (χ4v) is 3.74. The van der Waals surface area contributed by atoms with Crippen molar-refractivity contribution in [2.24, 2.45) is 5.10 Å². The maximum Gasteiger partial charge on any atom is 0.272 e. The molecule has 0 unspecified atom stereocenters. The van der Waals surface area contributed by atoms with Crippen LogP contribution in [0.15, 0.2) is 41.5 Å². The van der Waals surface area contributed by atoms with Gasteiger partial charge in [-0.25, -0.2) is 5.43 Å². The molecule has 0 saturated carbocycles. The van der Waals surface area contributed by atoms with Gasteiger partial charge in [0.05, 0.1) is 17.0 Å². The van der Waals surface area contributed by atoms with E-state index >= 15 is 0 Å². The number of hydrogen-bond acceptors (Lipinski definition) is 3. The number of nitrogens with zero attached hydrogens (tertiary/aromatic N) is 1.